The lowest BCUT2D eigenvalue weighted by molar-refractivity contribution is 0.0696. The lowest BCUT2D eigenvalue weighted by Crippen LogP contribution is -2.44. The van der Waals surface area contributed by atoms with Crippen LogP contribution in [0.25, 0.3) is 0 Å². The molecular weight excluding hydrogens is 294 g/mol. The summed E-state index contributed by atoms with van der Waals surface area (Å²) >= 11 is 0. The van der Waals surface area contributed by atoms with Crippen molar-refractivity contribution in [2.75, 3.05) is 0 Å². The Labute approximate surface area is 133 Å². The molecule has 0 unspecified atom stereocenters. The molecule has 0 saturated heterocycles. The van der Waals surface area contributed by atoms with Crippen molar-refractivity contribution in [3.63, 3.8) is 0 Å². The van der Waals surface area contributed by atoms with Crippen molar-refractivity contribution in [2.24, 2.45) is 0 Å². The third-order valence-corrected chi connectivity index (χ3v) is 4.26. The highest BCUT2D eigenvalue weighted by atomic mass is 16.4. The van der Waals surface area contributed by atoms with Crippen molar-refractivity contribution in [2.45, 2.75) is 31.2 Å². The van der Waals surface area contributed by atoms with Gasteiger partial charge in [-0.15, -0.1) is 0 Å². The summed E-state index contributed by atoms with van der Waals surface area (Å²) in [5.74, 6) is -1.44. The van der Waals surface area contributed by atoms with Crippen LogP contribution in [0.5, 0.6) is 0 Å². The van der Waals surface area contributed by atoms with Gasteiger partial charge in [0.1, 0.15) is 5.69 Å². The van der Waals surface area contributed by atoms with E-state index in [0.717, 1.165) is 31.2 Å². The lowest BCUT2D eigenvalue weighted by Gasteiger charge is -2.30. The second-order valence-corrected chi connectivity index (χ2v) is 5.72. The predicted octanol–water partition coefficient (Wildman–Crippen LogP) is 2.37. The van der Waals surface area contributed by atoms with Gasteiger partial charge in [0.05, 0.1) is 11.1 Å². The first-order chi connectivity index (χ1) is 11.1. The number of carboxylic acids is 1. The van der Waals surface area contributed by atoms with Crippen LogP contribution in [0.1, 0.15) is 52.1 Å². The second-order valence-electron chi connectivity index (χ2n) is 5.72. The fourth-order valence-corrected chi connectivity index (χ4v) is 3.08. The predicted molar refractivity (Wildman–Crippen MR) is 83.0 cm³/mol. The molecule has 118 valence electrons. The summed E-state index contributed by atoms with van der Waals surface area (Å²) in [7, 11) is 0. The molecule has 6 heteroatoms. The van der Waals surface area contributed by atoms with Gasteiger partial charge >= 0.3 is 5.97 Å². The highest BCUT2D eigenvalue weighted by molar-refractivity contribution is 5.96. The molecule has 1 aliphatic carbocycles. The highest BCUT2D eigenvalue weighted by Crippen LogP contribution is 2.38. The number of aromatic carboxylic acids is 1. The zero-order chi connectivity index (χ0) is 16.3. The van der Waals surface area contributed by atoms with Gasteiger partial charge in [0, 0.05) is 18.6 Å². The van der Waals surface area contributed by atoms with Gasteiger partial charge in [-0.25, -0.2) is 4.79 Å². The molecule has 6 nitrogen and oxygen atoms in total. The summed E-state index contributed by atoms with van der Waals surface area (Å²) in [6.45, 7) is 0. The summed E-state index contributed by atoms with van der Waals surface area (Å²) in [5, 5.41) is 12.1. The molecule has 2 N–H and O–H groups in total. The van der Waals surface area contributed by atoms with Gasteiger partial charge in [-0.3, -0.25) is 14.8 Å². The maximum atomic E-state index is 12.6. The average Bonchev–Trinajstić information content (AvgIpc) is 3.05. The van der Waals surface area contributed by atoms with Gasteiger partial charge < -0.3 is 10.4 Å². The Morgan fingerprint density at radius 2 is 1.96 bits per heavy atom. The Morgan fingerprint density at radius 1 is 1.17 bits per heavy atom. The molecule has 3 rings (SSSR count). The molecule has 2 heterocycles. The minimum Gasteiger partial charge on any atom is -0.478 e. The number of hydrogen-bond acceptors (Lipinski definition) is 4. The molecule has 2 aromatic rings. The number of carbonyl (C=O) groups is 2. The van der Waals surface area contributed by atoms with Crippen LogP contribution in [0.4, 0.5) is 0 Å². The monoisotopic (exact) mass is 311 g/mol. The number of nitrogens with one attached hydrogen (secondary N) is 1. The van der Waals surface area contributed by atoms with E-state index < -0.39 is 11.5 Å². The molecule has 1 fully saturated rings. The molecule has 0 radical (unpaired) electrons. The van der Waals surface area contributed by atoms with E-state index in [2.05, 4.69) is 15.3 Å². The number of rotatable bonds is 4. The van der Waals surface area contributed by atoms with E-state index in [1.807, 2.05) is 12.1 Å². The van der Waals surface area contributed by atoms with E-state index in [0.29, 0.717) is 0 Å². The van der Waals surface area contributed by atoms with Crippen LogP contribution < -0.4 is 5.32 Å². The van der Waals surface area contributed by atoms with E-state index in [4.69, 9.17) is 5.11 Å². The van der Waals surface area contributed by atoms with Crippen molar-refractivity contribution in [1.82, 2.24) is 15.3 Å². The second kappa shape index (κ2) is 6.16. The van der Waals surface area contributed by atoms with E-state index in [-0.39, 0.29) is 17.2 Å². The van der Waals surface area contributed by atoms with Gasteiger partial charge in [0.15, 0.2) is 0 Å². The minimum atomic E-state index is -1.08. The molecule has 0 aliphatic heterocycles. The first-order valence-corrected chi connectivity index (χ1v) is 7.53. The first kappa shape index (κ1) is 15.1. The Bertz CT molecular complexity index is 725. The molecular formula is C17H17N3O3. The fourth-order valence-electron chi connectivity index (χ4n) is 3.08. The summed E-state index contributed by atoms with van der Waals surface area (Å²) in [6.07, 6.45) is 8.53. The van der Waals surface area contributed by atoms with Crippen LogP contribution in [0.2, 0.25) is 0 Å². The van der Waals surface area contributed by atoms with E-state index >= 15 is 0 Å². The van der Waals surface area contributed by atoms with Crippen molar-refractivity contribution < 1.29 is 14.7 Å². The van der Waals surface area contributed by atoms with Crippen molar-refractivity contribution >= 4 is 11.9 Å². The van der Waals surface area contributed by atoms with Crippen LogP contribution in [0.3, 0.4) is 0 Å². The zero-order valence-corrected chi connectivity index (χ0v) is 12.5. The Hall–Kier alpha value is -2.76. The number of nitrogens with zero attached hydrogens (tertiary/aromatic N) is 2. The quantitative estimate of drug-likeness (QED) is 0.904. The van der Waals surface area contributed by atoms with Crippen LogP contribution >= 0.6 is 0 Å². The van der Waals surface area contributed by atoms with Gasteiger partial charge in [0.25, 0.3) is 5.91 Å². The van der Waals surface area contributed by atoms with Crippen molar-refractivity contribution in [1.29, 1.82) is 0 Å². The topological polar surface area (TPSA) is 92.2 Å². The SMILES string of the molecule is O=C(O)c1ccnc(C(=O)NC2(c3cccnc3)CCCC2)c1. The molecule has 1 saturated carbocycles. The maximum absolute atomic E-state index is 12.6. The Kier molecular flexibility index (Phi) is 4.06. The zero-order valence-electron chi connectivity index (χ0n) is 12.5. The standard InChI is InChI=1S/C17H17N3O3/c21-15(14-10-12(16(22)23)5-9-19-14)20-17(6-1-2-7-17)13-4-3-8-18-11-13/h3-5,8-11H,1-2,6-7H2,(H,20,21)(H,22,23). The fraction of sp³-hybridized carbons (Fsp3) is 0.294. The Balaban J connectivity index is 1.88. The van der Waals surface area contributed by atoms with Gasteiger partial charge in [-0.05, 0) is 36.6 Å². The number of hydrogen-bond donors (Lipinski definition) is 2. The summed E-state index contributed by atoms with van der Waals surface area (Å²) in [5.41, 5.74) is 0.680. The van der Waals surface area contributed by atoms with E-state index in [9.17, 15) is 9.59 Å². The Morgan fingerprint density at radius 3 is 2.61 bits per heavy atom. The number of aromatic nitrogens is 2. The molecule has 0 aromatic carbocycles. The van der Waals surface area contributed by atoms with Crippen molar-refractivity contribution in [3.8, 4) is 0 Å². The number of carboxylic acid groups (broad SMARTS) is 1. The highest BCUT2D eigenvalue weighted by Gasteiger charge is 2.37. The van der Waals surface area contributed by atoms with Gasteiger partial charge in [0.2, 0.25) is 0 Å². The van der Waals surface area contributed by atoms with Crippen LogP contribution in [-0.4, -0.2) is 27.0 Å². The lowest BCUT2D eigenvalue weighted by atomic mass is 9.89. The molecule has 23 heavy (non-hydrogen) atoms. The average molecular weight is 311 g/mol. The van der Waals surface area contributed by atoms with E-state index in [1.165, 1.54) is 18.3 Å². The molecule has 0 spiro atoms. The van der Waals surface area contributed by atoms with Crippen LogP contribution in [-0.2, 0) is 5.54 Å². The van der Waals surface area contributed by atoms with E-state index in [1.54, 1.807) is 12.4 Å². The van der Waals surface area contributed by atoms with Crippen molar-refractivity contribution in [3.05, 3.63) is 59.7 Å². The van der Waals surface area contributed by atoms with Gasteiger partial charge in [-0.2, -0.15) is 0 Å². The third-order valence-electron chi connectivity index (χ3n) is 4.26. The summed E-state index contributed by atoms with van der Waals surface area (Å²) in [6, 6.07) is 6.47. The number of amides is 1. The molecule has 1 amide bonds. The molecule has 2 aromatic heterocycles. The number of carbonyl (C=O) groups excluding carboxylic acids is 1. The largest absolute Gasteiger partial charge is 0.478 e. The first-order valence-electron chi connectivity index (χ1n) is 7.53. The normalized spacial score (nSPS) is 16.0. The summed E-state index contributed by atoms with van der Waals surface area (Å²) < 4.78 is 0. The minimum absolute atomic E-state index is 0.0481. The van der Waals surface area contributed by atoms with Crippen LogP contribution in [0, 0.1) is 0 Å². The van der Waals surface area contributed by atoms with Crippen LogP contribution in [0.15, 0.2) is 42.9 Å². The molecule has 0 atom stereocenters. The summed E-state index contributed by atoms with van der Waals surface area (Å²) in [4.78, 5) is 31.7. The molecule has 0 bridgehead atoms. The smallest absolute Gasteiger partial charge is 0.335 e. The third kappa shape index (κ3) is 3.06. The number of pyridine rings is 2. The van der Waals surface area contributed by atoms with Gasteiger partial charge in [-0.1, -0.05) is 18.9 Å². The maximum Gasteiger partial charge on any atom is 0.335 e. The molecule has 1 aliphatic rings.